The molecule has 7 heterocycles. The van der Waals surface area contributed by atoms with Gasteiger partial charge >= 0.3 is 17.6 Å². The normalized spacial score (nSPS) is 19.0. The summed E-state index contributed by atoms with van der Waals surface area (Å²) < 4.78 is 73.9. The molecule has 2 fully saturated rings. The van der Waals surface area contributed by atoms with Crippen LogP contribution in [0.5, 0.6) is 0 Å². The number of aromatic amines is 1. The van der Waals surface area contributed by atoms with Gasteiger partial charge in [-0.15, -0.1) is 0 Å². The fraction of sp³-hybridized carbons (Fsp3) is 0.375. The molecule has 20 heteroatoms. The summed E-state index contributed by atoms with van der Waals surface area (Å²) in [5.41, 5.74) is 3.52. The van der Waals surface area contributed by atoms with Crippen molar-refractivity contribution < 1.29 is 31.6 Å². The summed E-state index contributed by atoms with van der Waals surface area (Å²) >= 11 is 6.63. The Labute approximate surface area is 389 Å². The number of H-pyrrole nitrogens is 1. The highest BCUT2D eigenvalue weighted by Gasteiger charge is 2.53. The van der Waals surface area contributed by atoms with Crippen LogP contribution in [0.4, 0.5) is 17.6 Å². The van der Waals surface area contributed by atoms with Crippen molar-refractivity contribution in [2.75, 3.05) is 13.2 Å². The molecular weight excluding hydrogens is 908 g/mol. The van der Waals surface area contributed by atoms with Crippen LogP contribution in [0.25, 0.3) is 39.0 Å². The van der Waals surface area contributed by atoms with Crippen LogP contribution in [-0.4, -0.2) is 79.1 Å². The van der Waals surface area contributed by atoms with Crippen LogP contribution in [0.3, 0.4) is 0 Å². The van der Waals surface area contributed by atoms with Crippen molar-refractivity contribution in [3.05, 3.63) is 138 Å². The molecule has 1 N–H and O–H groups in total. The Morgan fingerprint density at radius 2 is 1.74 bits per heavy atom. The number of imidazole rings is 1. The van der Waals surface area contributed by atoms with Crippen molar-refractivity contribution >= 4 is 39.3 Å². The molecule has 3 aliphatic rings. The Hall–Kier alpha value is -6.73. The molecule has 1 amide bonds. The highest BCUT2D eigenvalue weighted by Crippen LogP contribution is 2.51. The molecule has 68 heavy (non-hydrogen) atoms. The van der Waals surface area contributed by atoms with Gasteiger partial charge in [0, 0.05) is 53.5 Å². The van der Waals surface area contributed by atoms with Crippen LogP contribution in [0.15, 0.2) is 81.2 Å². The molecule has 8 aromatic rings. The molecule has 15 nitrogen and oxygen atoms in total. The van der Waals surface area contributed by atoms with Crippen molar-refractivity contribution in [3.63, 3.8) is 0 Å². The van der Waals surface area contributed by atoms with Gasteiger partial charge in [-0.1, -0.05) is 22.8 Å². The van der Waals surface area contributed by atoms with Gasteiger partial charge in [-0.25, -0.2) is 18.7 Å². The summed E-state index contributed by atoms with van der Waals surface area (Å²) in [6.07, 6.45) is 2.46. The fourth-order valence-corrected chi connectivity index (χ4v) is 10.7. The molecule has 0 radical (unpaired) electrons. The van der Waals surface area contributed by atoms with Gasteiger partial charge in [0.25, 0.3) is 5.91 Å². The van der Waals surface area contributed by atoms with Crippen molar-refractivity contribution in [1.29, 1.82) is 0 Å². The summed E-state index contributed by atoms with van der Waals surface area (Å²) in [7, 11) is 0. The summed E-state index contributed by atoms with van der Waals surface area (Å²) in [6.45, 7) is 9.26. The predicted octanol–water partition coefficient (Wildman–Crippen LogP) is 8.74. The van der Waals surface area contributed by atoms with Crippen LogP contribution >= 0.6 is 11.6 Å². The average molecular weight is 953 g/mol. The largest absolute Gasteiger partial charge is 0.438 e. The lowest BCUT2D eigenvalue weighted by molar-refractivity contribution is -0.141. The van der Waals surface area contributed by atoms with Gasteiger partial charge in [0.05, 0.1) is 45.8 Å². The van der Waals surface area contributed by atoms with Gasteiger partial charge in [-0.05, 0) is 125 Å². The van der Waals surface area contributed by atoms with Crippen LogP contribution in [-0.2, 0) is 23.2 Å². The van der Waals surface area contributed by atoms with E-state index in [1.807, 2.05) is 49.6 Å². The average Bonchev–Trinajstić information content (AvgIpc) is 3.75. The quantitative estimate of drug-likeness (QED) is 0.148. The molecule has 1 aliphatic carbocycles. The minimum absolute atomic E-state index is 0.0833. The van der Waals surface area contributed by atoms with Gasteiger partial charge in [0.15, 0.2) is 11.6 Å². The number of alkyl halides is 3. The first kappa shape index (κ1) is 43.8. The van der Waals surface area contributed by atoms with Gasteiger partial charge in [-0.2, -0.15) is 23.4 Å². The highest BCUT2D eigenvalue weighted by atomic mass is 35.5. The van der Waals surface area contributed by atoms with Crippen molar-refractivity contribution in [3.8, 4) is 17.2 Å². The molecule has 0 bridgehead atoms. The SMILES string of the molecule is Cc1cc(-n2nc3c(c2-n2ccn(-c4ccc5c(cnn5CC(F)(F)F)c4F)c2=O)[C@H](C)N(C(=O)c2cc4cc(C5CCOC(C)(C)C5)ccc4n2C2(c4noc(=O)[nH]4)CC2)CC3)cc(C)c1Cl. The topological polar surface area (TPSA) is 156 Å². The second-order valence-corrected chi connectivity index (χ2v) is 19.3. The van der Waals surface area contributed by atoms with E-state index in [1.54, 1.807) is 9.58 Å². The first-order chi connectivity index (χ1) is 32.3. The lowest BCUT2D eigenvalue weighted by atomic mass is 9.83. The van der Waals surface area contributed by atoms with E-state index in [2.05, 4.69) is 41.2 Å². The third kappa shape index (κ3) is 7.02. The molecule has 1 unspecified atom stereocenters. The number of carbonyl (C=O) groups excluding carboxylic acids is 1. The van der Waals surface area contributed by atoms with Gasteiger partial charge in [0.1, 0.15) is 23.6 Å². The van der Waals surface area contributed by atoms with Crippen LogP contribution in [0, 0.1) is 19.7 Å². The predicted molar refractivity (Wildman–Crippen MR) is 243 cm³/mol. The number of halogens is 5. The molecule has 5 aromatic heterocycles. The number of aromatic nitrogens is 9. The van der Waals surface area contributed by atoms with Crippen molar-refractivity contribution in [2.24, 2.45) is 0 Å². The Kier molecular flexibility index (Phi) is 9.92. The van der Waals surface area contributed by atoms with Gasteiger partial charge in [-0.3, -0.25) is 28.1 Å². The molecule has 11 rings (SSSR count). The Morgan fingerprint density at radius 3 is 2.43 bits per heavy atom. The number of nitrogens with one attached hydrogen (secondary N) is 1. The van der Waals surface area contributed by atoms with E-state index in [-0.39, 0.29) is 40.6 Å². The Bertz CT molecular complexity index is 3470. The van der Waals surface area contributed by atoms with Crippen molar-refractivity contribution in [1.82, 2.24) is 48.3 Å². The van der Waals surface area contributed by atoms with E-state index < -0.39 is 41.6 Å². The first-order valence-electron chi connectivity index (χ1n) is 22.4. The van der Waals surface area contributed by atoms with E-state index in [4.69, 9.17) is 26.0 Å². The number of aryl methyl sites for hydroxylation is 2. The van der Waals surface area contributed by atoms with Crippen LogP contribution < -0.4 is 11.4 Å². The third-order valence-corrected chi connectivity index (χ3v) is 14.6. The minimum Gasteiger partial charge on any atom is -0.376 e. The number of amides is 1. The summed E-state index contributed by atoms with van der Waals surface area (Å²) in [5, 5.41) is 14.2. The maximum atomic E-state index is 16.3. The molecule has 2 atom stereocenters. The maximum Gasteiger partial charge on any atom is 0.438 e. The molecule has 3 aromatic carbocycles. The summed E-state index contributed by atoms with van der Waals surface area (Å²) in [5.74, 6) is -1.05. The zero-order chi connectivity index (χ0) is 47.8. The lowest BCUT2D eigenvalue weighted by Gasteiger charge is -2.35. The monoisotopic (exact) mass is 952 g/mol. The molecule has 0 spiro atoms. The summed E-state index contributed by atoms with van der Waals surface area (Å²) in [4.78, 5) is 47.0. The van der Waals surface area contributed by atoms with E-state index >= 15 is 9.18 Å². The van der Waals surface area contributed by atoms with E-state index in [1.165, 1.54) is 29.1 Å². The van der Waals surface area contributed by atoms with E-state index in [0.717, 1.165) is 51.2 Å². The number of hydrogen-bond donors (Lipinski definition) is 1. The van der Waals surface area contributed by atoms with Gasteiger partial charge in [0.2, 0.25) is 0 Å². The number of ether oxygens (including phenoxy) is 1. The molecule has 2 aliphatic heterocycles. The number of benzene rings is 3. The zero-order valence-corrected chi connectivity index (χ0v) is 38.4. The number of nitrogens with zero attached hydrogens (tertiary/aromatic N) is 9. The minimum atomic E-state index is -4.59. The fourth-order valence-electron chi connectivity index (χ4n) is 10.6. The van der Waals surface area contributed by atoms with E-state index in [0.29, 0.717) is 69.9 Å². The zero-order valence-electron chi connectivity index (χ0n) is 37.6. The Morgan fingerprint density at radius 1 is 1.00 bits per heavy atom. The smallest absolute Gasteiger partial charge is 0.376 e. The standard InChI is InChI=1S/C48H45ClF4N10O5/c1-25-18-31(19-26(2)39(25)49)63-41(60-16-15-59(45(60)66)36-9-8-35-32(40(36)50)23-54-61(35)24-48(51,52)53)38-27(3)58(14-10-33(38)56-63)42(64)37-21-30-20-28(29-11-17-67-46(4,5)22-29)6-7-34(30)62(37)47(12-13-47)43-55-44(65)68-57-43/h6-9,15-16,18-21,23,27,29H,10-14,17,22,24H2,1-5H3,(H,55,57,65)/t27-,29?/m0/s1. The second kappa shape index (κ2) is 15.4. The van der Waals surface area contributed by atoms with Crippen molar-refractivity contribution in [2.45, 2.75) is 103 Å². The number of fused-ring (bicyclic) bond motifs is 3. The maximum absolute atomic E-state index is 16.3. The Balaban J connectivity index is 1.04. The number of hydrogen-bond acceptors (Lipinski definition) is 8. The molecular formula is C48H45ClF4N10O5. The number of carbonyl (C=O) groups is 1. The lowest BCUT2D eigenvalue weighted by Crippen LogP contribution is -2.41. The molecule has 1 saturated carbocycles. The molecule has 1 saturated heterocycles. The first-order valence-corrected chi connectivity index (χ1v) is 22.8. The van der Waals surface area contributed by atoms with Gasteiger partial charge < -0.3 is 14.2 Å². The van der Waals surface area contributed by atoms with E-state index in [9.17, 15) is 22.8 Å². The number of rotatable bonds is 8. The van der Waals surface area contributed by atoms with Crippen LogP contribution in [0.1, 0.15) is 103 Å². The molecule has 352 valence electrons. The summed E-state index contributed by atoms with van der Waals surface area (Å²) in [6, 6.07) is 13.7. The third-order valence-electron chi connectivity index (χ3n) is 14.0. The van der Waals surface area contributed by atoms with Crippen LogP contribution in [0.2, 0.25) is 5.02 Å². The highest BCUT2D eigenvalue weighted by molar-refractivity contribution is 6.32. The second-order valence-electron chi connectivity index (χ2n) is 18.9.